The number of nitrogens with one attached hydrogen (secondary N) is 2. The standard InChI is InChI=1S/C20H42N2O/c1-9-10-17(2)11-18(12-21-7)13-22-15-19(3,4)14-20(5,6)16-23-8/h18,21-22H,2,9-16H2,1,3-8H3. The summed E-state index contributed by atoms with van der Waals surface area (Å²) >= 11 is 0. The van der Waals surface area contributed by atoms with Gasteiger partial charge in [0.1, 0.15) is 0 Å². The second-order valence-electron chi connectivity index (χ2n) is 8.70. The Hall–Kier alpha value is -0.380. The Morgan fingerprint density at radius 1 is 1.13 bits per heavy atom. The fourth-order valence-electron chi connectivity index (χ4n) is 3.78. The molecule has 1 atom stereocenters. The van der Waals surface area contributed by atoms with E-state index in [-0.39, 0.29) is 10.8 Å². The predicted octanol–water partition coefficient (Wildman–Crippen LogP) is 4.25. The maximum absolute atomic E-state index is 5.36. The monoisotopic (exact) mass is 326 g/mol. The molecule has 0 aliphatic rings. The SMILES string of the molecule is C=C(CCC)CC(CNC)CNCC(C)(C)CC(C)(C)COC. The van der Waals surface area contributed by atoms with Crippen molar-refractivity contribution in [1.29, 1.82) is 0 Å². The molecule has 1 unspecified atom stereocenters. The van der Waals surface area contributed by atoms with Gasteiger partial charge in [-0.15, -0.1) is 0 Å². The highest BCUT2D eigenvalue weighted by Crippen LogP contribution is 2.33. The van der Waals surface area contributed by atoms with Crippen molar-refractivity contribution < 1.29 is 4.74 Å². The van der Waals surface area contributed by atoms with Gasteiger partial charge in [-0.1, -0.05) is 53.2 Å². The third kappa shape index (κ3) is 11.7. The van der Waals surface area contributed by atoms with Gasteiger partial charge in [0.05, 0.1) is 6.61 Å². The summed E-state index contributed by atoms with van der Waals surface area (Å²) in [7, 11) is 3.82. The van der Waals surface area contributed by atoms with Crippen molar-refractivity contribution in [1.82, 2.24) is 10.6 Å². The molecule has 0 fully saturated rings. The van der Waals surface area contributed by atoms with Crippen LogP contribution in [0.2, 0.25) is 0 Å². The Labute approximate surface area is 145 Å². The van der Waals surface area contributed by atoms with Crippen LogP contribution in [0.5, 0.6) is 0 Å². The lowest BCUT2D eigenvalue weighted by Gasteiger charge is -2.35. The van der Waals surface area contributed by atoms with E-state index in [4.69, 9.17) is 4.74 Å². The average molecular weight is 327 g/mol. The zero-order valence-corrected chi connectivity index (χ0v) is 16.8. The van der Waals surface area contributed by atoms with Crippen molar-refractivity contribution in [2.24, 2.45) is 16.7 Å². The molecule has 0 radical (unpaired) electrons. The first-order valence-electron chi connectivity index (χ1n) is 9.16. The summed E-state index contributed by atoms with van der Waals surface area (Å²) in [6.07, 6.45) is 4.62. The van der Waals surface area contributed by atoms with Crippen LogP contribution in [0.3, 0.4) is 0 Å². The zero-order valence-electron chi connectivity index (χ0n) is 16.8. The third-order valence-corrected chi connectivity index (χ3v) is 4.20. The highest BCUT2D eigenvalue weighted by Gasteiger charge is 2.28. The summed E-state index contributed by atoms with van der Waals surface area (Å²) < 4.78 is 5.36. The fraction of sp³-hybridized carbons (Fsp3) is 0.900. The second-order valence-corrected chi connectivity index (χ2v) is 8.70. The number of ether oxygens (including phenoxy) is 1. The summed E-state index contributed by atoms with van der Waals surface area (Å²) in [5, 5.41) is 7.02. The summed E-state index contributed by atoms with van der Waals surface area (Å²) in [6.45, 7) is 19.7. The largest absolute Gasteiger partial charge is 0.384 e. The van der Waals surface area contributed by atoms with Crippen molar-refractivity contribution in [2.45, 2.75) is 60.3 Å². The van der Waals surface area contributed by atoms with Crippen LogP contribution in [0, 0.1) is 16.7 Å². The molecule has 0 aromatic heterocycles. The topological polar surface area (TPSA) is 33.3 Å². The van der Waals surface area contributed by atoms with Gasteiger partial charge in [0.2, 0.25) is 0 Å². The minimum absolute atomic E-state index is 0.222. The van der Waals surface area contributed by atoms with E-state index in [0.717, 1.165) is 45.5 Å². The van der Waals surface area contributed by atoms with Gasteiger partial charge < -0.3 is 15.4 Å². The third-order valence-electron chi connectivity index (χ3n) is 4.20. The van der Waals surface area contributed by atoms with E-state index in [1.54, 1.807) is 7.11 Å². The van der Waals surface area contributed by atoms with E-state index in [2.05, 4.69) is 51.8 Å². The van der Waals surface area contributed by atoms with Crippen LogP contribution in [0.15, 0.2) is 12.2 Å². The summed E-state index contributed by atoms with van der Waals surface area (Å²) in [5.41, 5.74) is 1.88. The molecule has 0 spiro atoms. The lowest BCUT2D eigenvalue weighted by Crippen LogP contribution is -2.38. The number of rotatable bonds is 14. The van der Waals surface area contributed by atoms with Gasteiger partial charge in [0.25, 0.3) is 0 Å². The molecule has 3 nitrogen and oxygen atoms in total. The van der Waals surface area contributed by atoms with Crippen molar-refractivity contribution in [3.05, 3.63) is 12.2 Å². The second kappa shape index (κ2) is 11.2. The molecule has 0 aliphatic carbocycles. The molecule has 3 heteroatoms. The zero-order chi connectivity index (χ0) is 17.9. The molecule has 0 aromatic rings. The van der Waals surface area contributed by atoms with Crippen LogP contribution in [-0.2, 0) is 4.74 Å². The molecule has 0 aliphatic heterocycles. The predicted molar refractivity (Wildman–Crippen MR) is 103 cm³/mol. The lowest BCUT2D eigenvalue weighted by molar-refractivity contribution is 0.0672. The first kappa shape index (κ1) is 22.6. The van der Waals surface area contributed by atoms with Crippen molar-refractivity contribution >= 4 is 0 Å². The number of allylic oxidation sites excluding steroid dienone is 1. The molecule has 138 valence electrons. The molecule has 23 heavy (non-hydrogen) atoms. The van der Waals surface area contributed by atoms with Crippen LogP contribution in [0.25, 0.3) is 0 Å². The van der Waals surface area contributed by atoms with E-state index in [0.29, 0.717) is 5.92 Å². The number of methoxy groups -OCH3 is 1. The van der Waals surface area contributed by atoms with E-state index in [1.807, 2.05) is 7.05 Å². The Bertz CT molecular complexity index is 324. The molecule has 0 saturated carbocycles. The first-order chi connectivity index (χ1) is 10.7. The van der Waals surface area contributed by atoms with E-state index < -0.39 is 0 Å². The number of hydrogen-bond acceptors (Lipinski definition) is 3. The van der Waals surface area contributed by atoms with Crippen LogP contribution >= 0.6 is 0 Å². The maximum atomic E-state index is 5.36. The van der Waals surface area contributed by atoms with E-state index >= 15 is 0 Å². The van der Waals surface area contributed by atoms with Crippen LogP contribution in [0.1, 0.15) is 60.3 Å². The van der Waals surface area contributed by atoms with Gasteiger partial charge >= 0.3 is 0 Å². The highest BCUT2D eigenvalue weighted by molar-refractivity contribution is 4.96. The highest BCUT2D eigenvalue weighted by atomic mass is 16.5. The average Bonchev–Trinajstić information content (AvgIpc) is 2.37. The molecular formula is C20H42N2O. The molecule has 0 heterocycles. The molecule has 2 N–H and O–H groups in total. The molecule has 0 rings (SSSR count). The molecule has 0 bridgehead atoms. The van der Waals surface area contributed by atoms with Gasteiger partial charge in [-0.3, -0.25) is 0 Å². The van der Waals surface area contributed by atoms with Gasteiger partial charge in [0, 0.05) is 13.7 Å². The lowest BCUT2D eigenvalue weighted by atomic mass is 9.75. The Morgan fingerprint density at radius 2 is 1.78 bits per heavy atom. The van der Waals surface area contributed by atoms with Gasteiger partial charge in [-0.05, 0) is 56.1 Å². The van der Waals surface area contributed by atoms with Gasteiger partial charge in [-0.2, -0.15) is 0 Å². The quantitative estimate of drug-likeness (QED) is 0.468. The first-order valence-corrected chi connectivity index (χ1v) is 9.16. The van der Waals surface area contributed by atoms with E-state index in [9.17, 15) is 0 Å². The van der Waals surface area contributed by atoms with Crippen molar-refractivity contribution in [3.8, 4) is 0 Å². The Kier molecular flexibility index (Phi) is 11.0. The molecular weight excluding hydrogens is 284 g/mol. The van der Waals surface area contributed by atoms with Crippen molar-refractivity contribution in [2.75, 3.05) is 40.4 Å². The van der Waals surface area contributed by atoms with Gasteiger partial charge in [-0.25, -0.2) is 0 Å². The van der Waals surface area contributed by atoms with Crippen molar-refractivity contribution in [3.63, 3.8) is 0 Å². The smallest absolute Gasteiger partial charge is 0.0513 e. The van der Waals surface area contributed by atoms with Crippen LogP contribution in [0.4, 0.5) is 0 Å². The summed E-state index contributed by atoms with van der Waals surface area (Å²) in [4.78, 5) is 0. The Balaban J connectivity index is 4.31. The van der Waals surface area contributed by atoms with Crippen LogP contribution in [-0.4, -0.2) is 40.4 Å². The molecule has 0 saturated heterocycles. The normalized spacial score (nSPS) is 14.0. The fourth-order valence-corrected chi connectivity index (χ4v) is 3.78. The number of hydrogen-bond donors (Lipinski definition) is 2. The van der Waals surface area contributed by atoms with E-state index in [1.165, 1.54) is 12.0 Å². The summed E-state index contributed by atoms with van der Waals surface area (Å²) in [6, 6.07) is 0. The molecule has 0 aromatic carbocycles. The van der Waals surface area contributed by atoms with Gasteiger partial charge in [0.15, 0.2) is 0 Å². The minimum Gasteiger partial charge on any atom is -0.384 e. The van der Waals surface area contributed by atoms with Crippen LogP contribution < -0.4 is 10.6 Å². The summed E-state index contributed by atoms with van der Waals surface area (Å²) in [5.74, 6) is 0.627. The maximum Gasteiger partial charge on any atom is 0.0513 e. The minimum atomic E-state index is 0.222. The molecule has 0 amide bonds. The Morgan fingerprint density at radius 3 is 2.30 bits per heavy atom.